The van der Waals surface area contributed by atoms with E-state index < -0.39 is 5.82 Å². The lowest BCUT2D eigenvalue weighted by atomic mass is 10.2. The van der Waals surface area contributed by atoms with Crippen molar-refractivity contribution in [3.8, 4) is 0 Å². The second-order valence-corrected chi connectivity index (χ2v) is 8.11. The second-order valence-electron chi connectivity index (χ2n) is 8.11. The zero-order chi connectivity index (χ0) is 24.6. The summed E-state index contributed by atoms with van der Waals surface area (Å²) in [5, 5.41) is 12.1. The Balaban J connectivity index is 1.38. The molecule has 2 heterocycles. The summed E-state index contributed by atoms with van der Waals surface area (Å²) in [5.74, 6) is -0.741. The number of anilines is 6. The minimum atomic E-state index is -0.617. The minimum Gasteiger partial charge on any atom is -0.381 e. The van der Waals surface area contributed by atoms with Crippen molar-refractivity contribution in [1.82, 2.24) is 14.9 Å². The molecule has 4 N–H and O–H groups in total. The van der Waals surface area contributed by atoms with Crippen LogP contribution in [0.2, 0.25) is 0 Å². The number of likely N-dealkylation sites (tertiary alicyclic amines) is 1. The van der Waals surface area contributed by atoms with E-state index in [4.69, 9.17) is 0 Å². The van der Waals surface area contributed by atoms with Crippen molar-refractivity contribution in [3.05, 3.63) is 73.2 Å². The Morgan fingerprint density at radius 2 is 1.89 bits per heavy atom. The van der Waals surface area contributed by atoms with Crippen LogP contribution in [0, 0.1) is 5.82 Å². The number of hydrogen-bond donors (Lipinski definition) is 4. The van der Waals surface area contributed by atoms with E-state index in [0.29, 0.717) is 17.9 Å². The van der Waals surface area contributed by atoms with Crippen LogP contribution in [0.5, 0.6) is 0 Å². The van der Waals surface area contributed by atoms with Gasteiger partial charge < -0.3 is 21.3 Å². The van der Waals surface area contributed by atoms with Crippen LogP contribution in [0.25, 0.3) is 0 Å². The van der Waals surface area contributed by atoms with Crippen molar-refractivity contribution in [3.63, 3.8) is 0 Å². The summed E-state index contributed by atoms with van der Waals surface area (Å²) in [6.45, 7) is 5.30. The fourth-order valence-corrected chi connectivity index (χ4v) is 3.81. The van der Waals surface area contributed by atoms with E-state index in [1.165, 1.54) is 6.08 Å². The SMILES string of the molecule is C=CC(=O)Nc1cccc(Nc2nc(Nc3ccc(NC4CCN(CCF)C4)cc3)ncc2F)c1. The van der Waals surface area contributed by atoms with Crippen LogP contribution in [0.1, 0.15) is 6.42 Å². The second kappa shape index (κ2) is 11.4. The van der Waals surface area contributed by atoms with Crippen molar-refractivity contribution in [2.75, 3.05) is 47.6 Å². The third-order valence-corrected chi connectivity index (χ3v) is 5.51. The van der Waals surface area contributed by atoms with Gasteiger partial charge in [0, 0.05) is 48.4 Å². The van der Waals surface area contributed by atoms with Crippen LogP contribution in [0.15, 0.2) is 67.4 Å². The van der Waals surface area contributed by atoms with Crippen LogP contribution in [-0.4, -0.2) is 53.1 Å². The van der Waals surface area contributed by atoms with E-state index in [1.807, 2.05) is 24.3 Å². The molecule has 1 atom stereocenters. The molecule has 2 aromatic carbocycles. The first-order valence-electron chi connectivity index (χ1n) is 11.3. The summed E-state index contributed by atoms with van der Waals surface area (Å²) < 4.78 is 26.9. The number of alkyl halides is 1. The van der Waals surface area contributed by atoms with Crippen molar-refractivity contribution >= 4 is 40.4 Å². The molecule has 0 radical (unpaired) electrons. The van der Waals surface area contributed by atoms with E-state index in [9.17, 15) is 13.6 Å². The molecule has 35 heavy (non-hydrogen) atoms. The van der Waals surface area contributed by atoms with Crippen LogP contribution in [0.3, 0.4) is 0 Å². The van der Waals surface area contributed by atoms with Gasteiger partial charge in [-0.2, -0.15) is 4.98 Å². The molecule has 10 heteroatoms. The fraction of sp³-hybridized carbons (Fsp3) is 0.240. The number of benzene rings is 2. The van der Waals surface area contributed by atoms with Crippen LogP contribution < -0.4 is 21.3 Å². The summed E-state index contributed by atoms with van der Waals surface area (Å²) in [7, 11) is 0. The summed E-state index contributed by atoms with van der Waals surface area (Å²) in [5.41, 5.74) is 2.79. The lowest BCUT2D eigenvalue weighted by Gasteiger charge is -2.16. The molecule has 1 fully saturated rings. The molecule has 0 saturated carbocycles. The summed E-state index contributed by atoms with van der Waals surface area (Å²) in [6.07, 6.45) is 3.23. The highest BCUT2D eigenvalue weighted by Crippen LogP contribution is 2.24. The molecule has 4 rings (SSSR count). The maximum absolute atomic E-state index is 14.4. The largest absolute Gasteiger partial charge is 0.381 e. The molecule has 8 nitrogen and oxygen atoms in total. The zero-order valence-corrected chi connectivity index (χ0v) is 19.1. The van der Waals surface area contributed by atoms with Crippen LogP contribution in [0.4, 0.5) is 43.3 Å². The molecule has 1 unspecified atom stereocenters. The molecule has 3 aromatic rings. The van der Waals surface area contributed by atoms with Crippen molar-refractivity contribution in [2.45, 2.75) is 12.5 Å². The normalized spacial score (nSPS) is 15.4. The average Bonchev–Trinajstić information content (AvgIpc) is 3.29. The number of halogens is 2. The standard InChI is InChI=1S/C25H27F2N7O/c1-2-23(35)30-19-4-3-5-20(14-19)31-24-22(27)15-28-25(33-24)32-18-8-6-17(7-9-18)29-21-10-12-34(16-21)13-11-26/h2-9,14-15,21,29H,1,10-13,16H2,(H,30,35)(H2,28,31,32,33). The average molecular weight is 480 g/mol. The lowest BCUT2D eigenvalue weighted by Crippen LogP contribution is -2.27. The maximum atomic E-state index is 14.4. The van der Waals surface area contributed by atoms with Gasteiger partial charge in [-0.3, -0.25) is 9.69 Å². The Hall–Kier alpha value is -4.05. The van der Waals surface area contributed by atoms with Gasteiger partial charge in [0.2, 0.25) is 11.9 Å². The number of carbonyl (C=O) groups excluding carboxylic acids is 1. The number of amides is 1. The number of nitrogens with zero attached hydrogens (tertiary/aromatic N) is 3. The third kappa shape index (κ3) is 6.73. The van der Waals surface area contributed by atoms with Crippen molar-refractivity contribution in [2.24, 2.45) is 0 Å². The smallest absolute Gasteiger partial charge is 0.247 e. The summed E-state index contributed by atoms with van der Waals surface area (Å²) >= 11 is 0. The third-order valence-electron chi connectivity index (χ3n) is 5.51. The van der Waals surface area contributed by atoms with E-state index in [0.717, 1.165) is 37.1 Å². The number of hydrogen-bond acceptors (Lipinski definition) is 7. The highest BCUT2D eigenvalue weighted by atomic mass is 19.1. The van der Waals surface area contributed by atoms with E-state index in [2.05, 4.69) is 42.7 Å². The highest BCUT2D eigenvalue weighted by molar-refractivity contribution is 5.99. The highest BCUT2D eigenvalue weighted by Gasteiger charge is 2.21. The first kappa shape index (κ1) is 24.1. The topological polar surface area (TPSA) is 94.2 Å². The zero-order valence-electron chi connectivity index (χ0n) is 19.1. The van der Waals surface area contributed by atoms with Gasteiger partial charge in [0.1, 0.15) is 6.67 Å². The molecule has 1 saturated heterocycles. The number of rotatable bonds is 10. The molecular formula is C25H27F2N7O. The predicted molar refractivity (Wildman–Crippen MR) is 135 cm³/mol. The molecule has 1 aliphatic heterocycles. The van der Waals surface area contributed by atoms with Crippen molar-refractivity contribution < 1.29 is 13.6 Å². The molecule has 1 aliphatic rings. The van der Waals surface area contributed by atoms with Crippen LogP contribution in [-0.2, 0) is 4.79 Å². The molecule has 182 valence electrons. The molecule has 1 aromatic heterocycles. The van der Waals surface area contributed by atoms with Gasteiger partial charge in [-0.05, 0) is 55.0 Å². The van der Waals surface area contributed by atoms with E-state index >= 15 is 0 Å². The fourth-order valence-electron chi connectivity index (χ4n) is 3.81. The number of aromatic nitrogens is 2. The Labute approximate surface area is 202 Å². The number of carbonyl (C=O) groups is 1. The Morgan fingerprint density at radius 1 is 1.11 bits per heavy atom. The molecular weight excluding hydrogens is 452 g/mol. The van der Waals surface area contributed by atoms with Gasteiger partial charge in [0.05, 0.1) is 6.20 Å². The monoisotopic (exact) mass is 479 g/mol. The van der Waals surface area contributed by atoms with Gasteiger partial charge >= 0.3 is 0 Å². The lowest BCUT2D eigenvalue weighted by molar-refractivity contribution is -0.111. The Morgan fingerprint density at radius 3 is 2.66 bits per heavy atom. The Kier molecular flexibility index (Phi) is 7.84. The van der Waals surface area contributed by atoms with E-state index in [1.54, 1.807) is 24.3 Å². The van der Waals surface area contributed by atoms with Crippen molar-refractivity contribution in [1.29, 1.82) is 0 Å². The molecule has 0 bridgehead atoms. The predicted octanol–water partition coefficient (Wildman–Crippen LogP) is 4.68. The molecule has 0 spiro atoms. The molecule has 1 amide bonds. The van der Waals surface area contributed by atoms with Gasteiger partial charge in [-0.1, -0.05) is 12.6 Å². The Bertz CT molecular complexity index is 1170. The quantitative estimate of drug-likeness (QED) is 0.314. The first-order valence-corrected chi connectivity index (χ1v) is 11.3. The van der Waals surface area contributed by atoms with E-state index in [-0.39, 0.29) is 30.4 Å². The summed E-state index contributed by atoms with van der Waals surface area (Å²) in [6, 6.07) is 14.7. The van der Waals surface area contributed by atoms with Gasteiger partial charge in [-0.15, -0.1) is 0 Å². The maximum Gasteiger partial charge on any atom is 0.247 e. The van der Waals surface area contributed by atoms with Crippen LogP contribution >= 0.6 is 0 Å². The number of nitrogens with one attached hydrogen (secondary N) is 4. The summed E-state index contributed by atoms with van der Waals surface area (Å²) in [4.78, 5) is 21.9. The van der Waals surface area contributed by atoms with Gasteiger partial charge in [0.15, 0.2) is 11.6 Å². The van der Waals surface area contributed by atoms with Gasteiger partial charge in [-0.25, -0.2) is 13.8 Å². The molecule has 0 aliphatic carbocycles. The first-order chi connectivity index (χ1) is 17.0. The van der Waals surface area contributed by atoms with Gasteiger partial charge in [0.25, 0.3) is 0 Å². The minimum absolute atomic E-state index is 0.00736.